The SMILES string of the molecule is CNC1CCc2c(nc(C(C)C)nc2-c2ccc(F)cc2)C1. The lowest BCUT2D eigenvalue weighted by molar-refractivity contribution is 0.485. The van der Waals surface area contributed by atoms with Crippen molar-refractivity contribution in [2.75, 3.05) is 7.05 Å². The molecule has 0 fully saturated rings. The van der Waals surface area contributed by atoms with Crippen LogP contribution in [0.4, 0.5) is 4.39 Å². The van der Waals surface area contributed by atoms with E-state index in [1.807, 2.05) is 19.2 Å². The minimum Gasteiger partial charge on any atom is -0.317 e. The van der Waals surface area contributed by atoms with Gasteiger partial charge in [0.25, 0.3) is 0 Å². The van der Waals surface area contributed by atoms with Crippen LogP contribution in [0, 0.1) is 5.82 Å². The molecule has 0 saturated heterocycles. The molecule has 0 amide bonds. The van der Waals surface area contributed by atoms with Crippen molar-refractivity contribution in [3.8, 4) is 11.3 Å². The van der Waals surface area contributed by atoms with Crippen molar-refractivity contribution in [2.45, 2.75) is 45.1 Å². The van der Waals surface area contributed by atoms with Gasteiger partial charge >= 0.3 is 0 Å². The van der Waals surface area contributed by atoms with Gasteiger partial charge in [-0.15, -0.1) is 0 Å². The molecular weight excluding hydrogens is 277 g/mol. The molecule has 1 N–H and O–H groups in total. The second-order valence-electron chi connectivity index (χ2n) is 6.25. The average Bonchev–Trinajstić information content (AvgIpc) is 2.54. The maximum absolute atomic E-state index is 13.2. The van der Waals surface area contributed by atoms with Crippen LogP contribution >= 0.6 is 0 Å². The molecule has 2 aromatic rings. The first-order chi connectivity index (χ1) is 10.6. The van der Waals surface area contributed by atoms with Gasteiger partial charge in [-0.3, -0.25) is 0 Å². The zero-order chi connectivity index (χ0) is 15.7. The van der Waals surface area contributed by atoms with Crippen LogP contribution in [0.2, 0.25) is 0 Å². The van der Waals surface area contributed by atoms with E-state index in [0.717, 1.165) is 42.0 Å². The van der Waals surface area contributed by atoms with Crippen LogP contribution in [0.15, 0.2) is 24.3 Å². The van der Waals surface area contributed by atoms with Crippen LogP contribution in [0.25, 0.3) is 11.3 Å². The molecule has 1 aromatic carbocycles. The van der Waals surface area contributed by atoms with Gasteiger partial charge in [0.2, 0.25) is 0 Å². The highest BCUT2D eigenvalue weighted by molar-refractivity contribution is 5.64. The first kappa shape index (κ1) is 15.1. The quantitative estimate of drug-likeness (QED) is 0.943. The zero-order valence-corrected chi connectivity index (χ0v) is 13.4. The summed E-state index contributed by atoms with van der Waals surface area (Å²) in [5.41, 5.74) is 4.32. The summed E-state index contributed by atoms with van der Waals surface area (Å²) in [6.07, 6.45) is 2.98. The molecule has 4 heteroatoms. The third-order valence-electron chi connectivity index (χ3n) is 4.33. The third-order valence-corrected chi connectivity index (χ3v) is 4.33. The standard InChI is InChI=1S/C18H22FN3/c1-11(2)18-21-16-10-14(20-3)8-9-15(16)17(22-18)12-4-6-13(19)7-5-12/h4-7,11,14,20H,8-10H2,1-3H3. The van der Waals surface area contributed by atoms with E-state index in [-0.39, 0.29) is 11.7 Å². The van der Waals surface area contributed by atoms with Gasteiger partial charge in [-0.25, -0.2) is 14.4 Å². The van der Waals surface area contributed by atoms with E-state index < -0.39 is 0 Å². The topological polar surface area (TPSA) is 37.8 Å². The average molecular weight is 299 g/mol. The molecule has 1 unspecified atom stereocenters. The van der Waals surface area contributed by atoms with Gasteiger partial charge in [-0.1, -0.05) is 13.8 Å². The van der Waals surface area contributed by atoms with E-state index in [9.17, 15) is 4.39 Å². The number of rotatable bonds is 3. The Hall–Kier alpha value is -1.81. The minimum atomic E-state index is -0.217. The van der Waals surface area contributed by atoms with Crippen LogP contribution in [-0.4, -0.2) is 23.1 Å². The first-order valence-corrected chi connectivity index (χ1v) is 7.91. The predicted octanol–water partition coefficient (Wildman–Crippen LogP) is 3.48. The van der Waals surface area contributed by atoms with E-state index in [4.69, 9.17) is 9.97 Å². The maximum atomic E-state index is 13.2. The lowest BCUT2D eigenvalue weighted by Crippen LogP contribution is -2.33. The lowest BCUT2D eigenvalue weighted by Gasteiger charge is -2.26. The Morgan fingerprint density at radius 3 is 2.55 bits per heavy atom. The molecule has 0 spiro atoms. The molecule has 1 aliphatic rings. The van der Waals surface area contributed by atoms with Gasteiger partial charge in [0.15, 0.2) is 0 Å². The number of hydrogen-bond donors (Lipinski definition) is 1. The normalized spacial score (nSPS) is 17.6. The molecule has 116 valence electrons. The van der Waals surface area contributed by atoms with Crippen LogP contribution in [0.3, 0.4) is 0 Å². The molecule has 0 bridgehead atoms. The van der Waals surface area contributed by atoms with Crippen LogP contribution in [-0.2, 0) is 12.8 Å². The van der Waals surface area contributed by atoms with Crippen molar-refractivity contribution in [2.24, 2.45) is 0 Å². The van der Waals surface area contributed by atoms with Gasteiger partial charge < -0.3 is 5.32 Å². The summed E-state index contributed by atoms with van der Waals surface area (Å²) >= 11 is 0. The highest BCUT2D eigenvalue weighted by Gasteiger charge is 2.24. The number of aromatic nitrogens is 2. The maximum Gasteiger partial charge on any atom is 0.131 e. The molecule has 1 aromatic heterocycles. The number of benzene rings is 1. The fraction of sp³-hybridized carbons (Fsp3) is 0.444. The van der Waals surface area contributed by atoms with Crippen molar-refractivity contribution < 1.29 is 4.39 Å². The van der Waals surface area contributed by atoms with Gasteiger partial charge in [0, 0.05) is 35.2 Å². The van der Waals surface area contributed by atoms with Crippen molar-refractivity contribution in [1.29, 1.82) is 0 Å². The summed E-state index contributed by atoms with van der Waals surface area (Å²) < 4.78 is 13.2. The van der Waals surface area contributed by atoms with Crippen molar-refractivity contribution in [3.63, 3.8) is 0 Å². The Bertz CT molecular complexity index is 665. The molecular formula is C18H22FN3. The number of hydrogen-bond acceptors (Lipinski definition) is 3. The molecule has 0 saturated carbocycles. The summed E-state index contributed by atoms with van der Waals surface area (Å²) in [6, 6.07) is 7.10. The molecule has 22 heavy (non-hydrogen) atoms. The highest BCUT2D eigenvalue weighted by Crippen LogP contribution is 2.30. The lowest BCUT2D eigenvalue weighted by atomic mass is 9.89. The number of nitrogens with one attached hydrogen (secondary N) is 1. The monoisotopic (exact) mass is 299 g/mol. The third kappa shape index (κ3) is 2.88. The first-order valence-electron chi connectivity index (χ1n) is 7.91. The van der Waals surface area contributed by atoms with Gasteiger partial charge in [0.05, 0.1) is 5.69 Å². The Morgan fingerprint density at radius 1 is 1.18 bits per heavy atom. The number of nitrogens with zero attached hydrogens (tertiary/aromatic N) is 2. The minimum absolute atomic E-state index is 0.217. The van der Waals surface area contributed by atoms with Crippen LogP contribution in [0.1, 0.15) is 43.3 Å². The molecule has 1 atom stereocenters. The highest BCUT2D eigenvalue weighted by atomic mass is 19.1. The molecule has 3 rings (SSSR count). The largest absolute Gasteiger partial charge is 0.317 e. The number of likely N-dealkylation sites (N-methyl/N-ethyl adjacent to an activating group) is 1. The van der Waals surface area contributed by atoms with Crippen LogP contribution in [0.5, 0.6) is 0 Å². The number of halogens is 1. The Kier molecular flexibility index (Phi) is 4.21. The molecule has 0 radical (unpaired) electrons. The van der Waals surface area contributed by atoms with Crippen molar-refractivity contribution in [3.05, 3.63) is 47.2 Å². The van der Waals surface area contributed by atoms with Gasteiger partial charge in [0.1, 0.15) is 11.6 Å². The van der Waals surface area contributed by atoms with E-state index in [1.54, 1.807) is 0 Å². The Morgan fingerprint density at radius 2 is 1.91 bits per heavy atom. The smallest absolute Gasteiger partial charge is 0.131 e. The van der Waals surface area contributed by atoms with Crippen molar-refractivity contribution >= 4 is 0 Å². The van der Waals surface area contributed by atoms with Gasteiger partial charge in [-0.05, 0) is 44.2 Å². The van der Waals surface area contributed by atoms with E-state index in [0.29, 0.717) is 6.04 Å². The Balaban J connectivity index is 2.12. The zero-order valence-electron chi connectivity index (χ0n) is 13.4. The summed E-state index contributed by atoms with van der Waals surface area (Å²) in [7, 11) is 2.00. The fourth-order valence-electron chi connectivity index (χ4n) is 2.99. The van der Waals surface area contributed by atoms with E-state index in [1.165, 1.54) is 17.7 Å². The van der Waals surface area contributed by atoms with Gasteiger partial charge in [-0.2, -0.15) is 0 Å². The fourth-order valence-corrected chi connectivity index (χ4v) is 2.99. The van der Waals surface area contributed by atoms with E-state index >= 15 is 0 Å². The van der Waals surface area contributed by atoms with Crippen molar-refractivity contribution in [1.82, 2.24) is 15.3 Å². The summed E-state index contributed by atoms with van der Waals surface area (Å²) in [6.45, 7) is 4.21. The summed E-state index contributed by atoms with van der Waals surface area (Å²) in [5, 5.41) is 3.35. The predicted molar refractivity (Wildman–Crippen MR) is 86.4 cm³/mol. The molecule has 0 aliphatic heterocycles. The summed E-state index contributed by atoms with van der Waals surface area (Å²) in [4.78, 5) is 9.57. The second kappa shape index (κ2) is 6.13. The molecule has 1 heterocycles. The van der Waals surface area contributed by atoms with E-state index in [2.05, 4.69) is 19.2 Å². The number of fused-ring (bicyclic) bond motifs is 1. The molecule has 3 nitrogen and oxygen atoms in total. The Labute approximate surface area is 131 Å². The van der Waals surface area contributed by atoms with Crippen LogP contribution < -0.4 is 5.32 Å². The second-order valence-corrected chi connectivity index (χ2v) is 6.25. The molecule has 1 aliphatic carbocycles. The summed E-state index contributed by atoms with van der Waals surface area (Å²) in [5.74, 6) is 0.931.